The monoisotopic (exact) mass is 379 g/mol. The molecule has 1 saturated heterocycles. The number of carbonyl (C=O) groups is 2. The van der Waals surface area contributed by atoms with Crippen LogP contribution in [-0.4, -0.2) is 28.4 Å². The molecular formula is C20H17N3O3S. The average molecular weight is 379 g/mol. The maximum absolute atomic E-state index is 12.5. The van der Waals surface area contributed by atoms with Crippen molar-refractivity contribution in [3.63, 3.8) is 0 Å². The predicted molar refractivity (Wildman–Crippen MR) is 103 cm³/mol. The van der Waals surface area contributed by atoms with Crippen LogP contribution >= 0.6 is 11.3 Å². The molecule has 3 heterocycles. The second-order valence-corrected chi connectivity index (χ2v) is 7.18. The second kappa shape index (κ2) is 7.28. The summed E-state index contributed by atoms with van der Waals surface area (Å²) in [5, 5.41) is 0.683. The largest absolute Gasteiger partial charge is 0.422 e. The van der Waals surface area contributed by atoms with Crippen LogP contribution in [0, 0.1) is 6.92 Å². The number of rotatable bonds is 4. The number of thiazole rings is 1. The van der Waals surface area contributed by atoms with Gasteiger partial charge in [0, 0.05) is 24.8 Å². The molecule has 0 unspecified atom stereocenters. The highest BCUT2D eigenvalue weighted by Gasteiger charge is 2.22. The lowest BCUT2D eigenvalue weighted by molar-refractivity contribution is -0.117. The molecule has 0 spiro atoms. The minimum Gasteiger partial charge on any atom is -0.422 e. The first-order chi connectivity index (χ1) is 13.1. The van der Waals surface area contributed by atoms with E-state index in [1.807, 2.05) is 18.2 Å². The van der Waals surface area contributed by atoms with Crippen LogP contribution in [0.2, 0.25) is 0 Å². The zero-order valence-corrected chi connectivity index (χ0v) is 15.5. The fourth-order valence-corrected chi connectivity index (χ4v) is 3.87. The van der Waals surface area contributed by atoms with Gasteiger partial charge in [-0.05, 0) is 49.7 Å². The van der Waals surface area contributed by atoms with Crippen molar-refractivity contribution in [1.29, 1.82) is 0 Å². The Bertz CT molecular complexity index is 983. The fraction of sp³-hybridized carbons (Fsp3) is 0.200. The highest BCUT2D eigenvalue weighted by molar-refractivity contribution is 7.17. The Labute approximate surface area is 160 Å². The number of aromatic nitrogens is 2. The number of anilines is 1. The Morgan fingerprint density at radius 1 is 1.19 bits per heavy atom. The molecule has 4 rings (SSSR count). The molecule has 1 aliphatic rings. The van der Waals surface area contributed by atoms with Gasteiger partial charge < -0.3 is 9.64 Å². The van der Waals surface area contributed by atoms with E-state index in [2.05, 4.69) is 9.97 Å². The Kier molecular flexibility index (Phi) is 4.68. The maximum Gasteiger partial charge on any atom is 0.355 e. The second-order valence-electron chi connectivity index (χ2n) is 6.18. The number of aryl methyl sites for hydroxylation is 1. The van der Waals surface area contributed by atoms with Crippen LogP contribution in [0.1, 0.15) is 28.2 Å². The summed E-state index contributed by atoms with van der Waals surface area (Å²) in [5.74, 6) is 0.113. The summed E-state index contributed by atoms with van der Waals surface area (Å²) in [4.78, 5) is 35.2. The predicted octanol–water partition coefficient (Wildman–Crippen LogP) is 3.86. The van der Waals surface area contributed by atoms with Gasteiger partial charge in [-0.2, -0.15) is 0 Å². The molecule has 3 aromatic rings. The third-order valence-corrected chi connectivity index (χ3v) is 5.46. The van der Waals surface area contributed by atoms with Crippen molar-refractivity contribution in [2.24, 2.45) is 0 Å². The van der Waals surface area contributed by atoms with Gasteiger partial charge in [-0.15, -0.1) is 11.3 Å². The first-order valence-corrected chi connectivity index (χ1v) is 9.45. The van der Waals surface area contributed by atoms with Crippen LogP contribution in [0.15, 0.2) is 48.7 Å². The molecule has 7 heteroatoms. The normalized spacial score (nSPS) is 13.8. The van der Waals surface area contributed by atoms with E-state index in [1.165, 1.54) is 11.3 Å². The van der Waals surface area contributed by atoms with Crippen molar-refractivity contribution >= 4 is 28.9 Å². The van der Waals surface area contributed by atoms with E-state index in [1.54, 1.807) is 42.3 Å². The van der Waals surface area contributed by atoms with Crippen molar-refractivity contribution < 1.29 is 14.3 Å². The summed E-state index contributed by atoms with van der Waals surface area (Å²) in [5.41, 5.74) is 2.16. The molecule has 6 nitrogen and oxygen atoms in total. The third-order valence-electron chi connectivity index (χ3n) is 4.30. The molecule has 1 aliphatic heterocycles. The van der Waals surface area contributed by atoms with Crippen LogP contribution in [0.5, 0.6) is 5.75 Å². The molecule has 0 atom stereocenters. The van der Waals surface area contributed by atoms with E-state index in [4.69, 9.17) is 4.74 Å². The minimum absolute atomic E-state index is 0.127. The van der Waals surface area contributed by atoms with Crippen molar-refractivity contribution in [3.8, 4) is 16.5 Å². The van der Waals surface area contributed by atoms with Gasteiger partial charge in [0.2, 0.25) is 5.91 Å². The van der Waals surface area contributed by atoms with E-state index >= 15 is 0 Å². The number of benzene rings is 1. The Balaban J connectivity index is 1.49. The summed E-state index contributed by atoms with van der Waals surface area (Å²) >= 11 is 1.26. The molecule has 1 fully saturated rings. The highest BCUT2D eigenvalue weighted by Crippen LogP contribution is 2.28. The summed E-state index contributed by atoms with van der Waals surface area (Å²) in [7, 11) is 0. The van der Waals surface area contributed by atoms with Gasteiger partial charge in [-0.25, -0.2) is 9.78 Å². The third kappa shape index (κ3) is 3.59. The Morgan fingerprint density at radius 2 is 2.00 bits per heavy atom. The molecule has 0 saturated carbocycles. The van der Waals surface area contributed by atoms with Crippen LogP contribution in [-0.2, 0) is 4.79 Å². The van der Waals surface area contributed by atoms with Crippen molar-refractivity contribution in [2.75, 3.05) is 11.4 Å². The molecule has 0 radical (unpaired) electrons. The lowest BCUT2D eigenvalue weighted by Gasteiger charge is -2.15. The fourth-order valence-electron chi connectivity index (χ4n) is 2.95. The van der Waals surface area contributed by atoms with Crippen molar-refractivity contribution in [2.45, 2.75) is 19.8 Å². The average Bonchev–Trinajstić information content (AvgIpc) is 3.29. The smallest absolute Gasteiger partial charge is 0.355 e. The number of ether oxygens (including phenoxy) is 1. The van der Waals surface area contributed by atoms with E-state index < -0.39 is 5.97 Å². The molecule has 0 aliphatic carbocycles. The molecule has 1 amide bonds. The molecule has 0 bridgehead atoms. The molecular weight excluding hydrogens is 362 g/mol. The van der Waals surface area contributed by atoms with Gasteiger partial charge >= 0.3 is 5.97 Å². The van der Waals surface area contributed by atoms with Gasteiger partial charge in [0.1, 0.15) is 15.6 Å². The first-order valence-electron chi connectivity index (χ1n) is 8.63. The number of hydrogen-bond acceptors (Lipinski definition) is 6. The van der Waals surface area contributed by atoms with Gasteiger partial charge in [-0.3, -0.25) is 9.78 Å². The molecule has 0 N–H and O–H groups in total. The number of pyridine rings is 1. The van der Waals surface area contributed by atoms with E-state index in [0.29, 0.717) is 27.7 Å². The summed E-state index contributed by atoms with van der Waals surface area (Å²) in [6, 6.07) is 12.6. The standard InChI is InChI=1S/C20H17N3O3S/c1-13-18(27-19(22-13)16-5-2-3-11-21-16)20(25)26-15-9-7-14(8-10-15)23-12-4-6-17(23)24/h2-3,5,7-11H,4,6,12H2,1H3. The van der Waals surface area contributed by atoms with Crippen molar-refractivity contribution in [3.05, 3.63) is 59.2 Å². The Hall–Kier alpha value is -3.06. The maximum atomic E-state index is 12.5. The zero-order chi connectivity index (χ0) is 18.8. The number of esters is 1. The number of carbonyl (C=O) groups excluding carboxylic acids is 2. The topological polar surface area (TPSA) is 72.4 Å². The number of hydrogen-bond donors (Lipinski definition) is 0. The van der Waals surface area contributed by atoms with Gasteiger partial charge in [-0.1, -0.05) is 6.07 Å². The number of nitrogens with zero attached hydrogens (tertiary/aromatic N) is 3. The van der Waals surface area contributed by atoms with Crippen LogP contribution in [0.3, 0.4) is 0 Å². The first kappa shape index (κ1) is 17.4. The summed E-state index contributed by atoms with van der Waals surface area (Å²) < 4.78 is 5.48. The summed E-state index contributed by atoms with van der Waals surface area (Å²) in [6.45, 7) is 2.51. The molecule has 2 aromatic heterocycles. The SMILES string of the molecule is Cc1nc(-c2ccccn2)sc1C(=O)Oc1ccc(N2CCCC2=O)cc1. The summed E-state index contributed by atoms with van der Waals surface area (Å²) in [6.07, 6.45) is 3.15. The number of amides is 1. The molecule has 27 heavy (non-hydrogen) atoms. The quantitative estimate of drug-likeness (QED) is 0.508. The van der Waals surface area contributed by atoms with E-state index in [9.17, 15) is 9.59 Å². The lowest BCUT2D eigenvalue weighted by Crippen LogP contribution is -2.23. The van der Waals surface area contributed by atoms with Crippen LogP contribution in [0.4, 0.5) is 5.69 Å². The van der Waals surface area contributed by atoms with Gasteiger partial charge in [0.05, 0.1) is 11.4 Å². The van der Waals surface area contributed by atoms with Gasteiger partial charge in [0.15, 0.2) is 0 Å². The van der Waals surface area contributed by atoms with E-state index in [-0.39, 0.29) is 5.91 Å². The van der Waals surface area contributed by atoms with E-state index in [0.717, 1.165) is 24.3 Å². The van der Waals surface area contributed by atoms with Crippen LogP contribution in [0.25, 0.3) is 10.7 Å². The Morgan fingerprint density at radius 3 is 2.67 bits per heavy atom. The molecule has 136 valence electrons. The van der Waals surface area contributed by atoms with Crippen LogP contribution < -0.4 is 9.64 Å². The minimum atomic E-state index is -0.447. The van der Waals surface area contributed by atoms with Crippen molar-refractivity contribution in [1.82, 2.24) is 9.97 Å². The van der Waals surface area contributed by atoms with Gasteiger partial charge in [0.25, 0.3) is 0 Å². The lowest BCUT2D eigenvalue weighted by atomic mass is 10.3. The molecule has 1 aromatic carbocycles. The zero-order valence-electron chi connectivity index (χ0n) is 14.7. The highest BCUT2D eigenvalue weighted by atomic mass is 32.1.